The SMILES string of the molecule is CCCCC1=Cc2c(-c3ccccc3)cccc2C1C(C)(C)C1C(CCCC)=Cc2c(-c3ccccc3)cccc21. The number of hydrogen-bond acceptors (Lipinski definition) is 0. The predicted molar refractivity (Wildman–Crippen MR) is 178 cm³/mol. The van der Waals surface area contributed by atoms with E-state index in [1.165, 1.54) is 83.0 Å². The first-order chi connectivity index (χ1) is 20.0. The maximum Gasteiger partial charge on any atom is 0.0118 e. The third kappa shape index (κ3) is 5.03. The first-order valence-electron chi connectivity index (χ1n) is 15.8. The second kappa shape index (κ2) is 11.7. The number of allylic oxidation sites excluding steroid dienone is 2. The molecule has 2 aliphatic carbocycles. The Balaban J connectivity index is 1.49. The summed E-state index contributed by atoms with van der Waals surface area (Å²) in [5.74, 6) is 0.795. The number of hydrogen-bond donors (Lipinski definition) is 0. The summed E-state index contributed by atoms with van der Waals surface area (Å²) < 4.78 is 0. The van der Waals surface area contributed by atoms with Crippen LogP contribution >= 0.6 is 0 Å². The Bertz CT molecular complexity index is 1450. The number of fused-ring (bicyclic) bond motifs is 2. The molecule has 2 unspecified atom stereocenters. The average Bonchev–Trinajstić information content (AvgIpc) is 3.59. The number of unbranched alkanes of at least 4 members (excludes halogenated alkanes) is 2. The lowest BCUT2D eigenvalue weighted by atomic mass is 9.61. The molecule has 0 saturated heterocycles. The Kier molecular flexibility index (Phi) is 7.85. The normalized spacial score (nSPS) is 17.7. The monoisotopic (exact) mass is 536 g/mol. The van der Waals surface area contributed by atoms with Crippen LogP contribution in [0.1, 0.15) is 100 Å². The quantitative estimate of drug-likeness (QED) is 0.189. The zero-order valence-corrected chi connectivity index (χ0v) is 25.3. The van der Waals surface area contributed by atoms with E-state index in [9.17, 15) is 0 Å². The zero-order chi connectivity index (χ0) is 28.4. The van der Waals surface area contributed by atoms with Gasteiger partial charge in [-0.15, -0.1) is 0 Å². The van der Waals surface area contributed by atoms with Gasteiger partial charge < -0.3 is 0 Å². The van der Waals surface area contributed by atoms with Crippen LogP contribution in [0.4, 0.5) is 0 Å². The van der Waals surface area contributed by atoms with Gasteiger partial charge in [0.25, 0.3) is 0 Å². The van der Waals surface area contributed by atoms with Gasteiger partial charge in [0.2, 0.25) is 0 Å². The summed E-state index contributed by atoms with van der Waals surface area (Å²) >= 11 is 0. The van der Waals surface area contributed by atoms with Gasteiger partial charge in [-0.2, -0.15) is 0 Å². The third-order valence-corrected chi connectivity index (χ3v) is 9.60. The summed E-state index contributed by atoms with van der Waals surface area (Å²) in [6.45, 7) is 9.78. The van der Waals surface area contributed by atoms with Crippen molar-refractivity contribution in [2.75, 3.05) is 0 Å². The minimum absolute atomic E-state index is 0.0280. The molecule has 0 heterocycles. The molecule has 208 valence electrons. The van der Waals surface area contributed by atoms with Gasteiger partial charge in [0.1, 0.15) is 0 Å². The van der Waals surface area contributed by atoms with Crippen LogP contribution in [0.15, 0.2) is 108 Å². The minimum atomic E-state index is 0.0280. The Hall–Kier alpha value is -3.64. The van der Waals surface area contributed by atoms with Gasteiger partial charge in [-0.1, -0.05) is 161 Å². The van der Waals surface area contributed by atoms with Crippen molar-refractivity contribution in [1.82, 2.24) is 0 Å². The molecular formula is C41H44. The topological polar surface area (TPSA) is 0 Å². The highest BCUT2D eigenvalue weighted by Crippen LogP contribution is 2.61. The highest BCUT2D eigenvalue weighted by atomic mass is 14.5. The van der Waals surface area contributed by atoms with Crippen LogP contribution in [0.2, 0.25) is 0 Å². The van der Waals surface area contributed by atoms with Gasteiger partial charge in [0.05, 0.1) is 0 Å². The maximum atomic E-state index is 2.57. The van der Waals surface area contributed by atoms with Crippen LogP contribution in [0, 0.1) is 5.41 Å². The molecule has 0 heteroatoms. The van der Waals surface area contributed by atoms with E-state index in [0.717, 1.165) is 0 Å². The number of rotatable bonds is 10. The molecule has 0 amide bonds. The molecule has 0 N–H and O–H groups in total. The second-order valence-electron chi connectivity index (χ2n) is 12.7. The lowest BCUT2D eigenvalue weighted by molar-refractivity contribution is 0.267. The lowest BCUT2D eigenvalue weighted by Gasteiger charge is -2.42. The minimum Gasteiger partial charge on any atom is -0.0654 e. The lowest BCUT2D eigenvalue weighted by Crippen LogP contribution is -2.30. The van der Waals surface area contributed by atoms with E-state index >= 15 is 0 Å². The summed E-state index contributed by atoms with van der Waals surface area (Å²) in [4.78, 5) is 0. The highest BCUT2D eigenvalue weighted by Gasteiger charge is 2.47. The fourth-order valence-electron chi connectivity index (χ4n) is 7.79. The van der Waals surface area contributed by atoms with Gasteiger partial charge in [0, 0.05) is 11.8 Å². The van der Waals surface area contributed by atoms with Crippen LogP contribution in [-0.4, -0.2) is 0 Å². The van der Waals surface area contributed by atoms with Crippen molar-refractivity contribution in [3.05, 3.63) is 130 Å². The first kappa shape index (κ1) is 27.5. The van der Waals surface area contributed by atoms with E-state index in [4.69, 9.17) is 0 Å². The van der Waals surface area contributed by atoms with Gasteiger partial charge in [-0.25, -0.2) is 0 Å². The molecule has 0 aliphatic heterocycles. The summed E-state index contributed by atoms with van der Waals surface area (Å²) in [5, 5.41) is 0. The third-order valence-electron chi connectivity index (χ3n) is 9.60. The van der Waals surface area contributed by atoms with E-state index in [0.29, 0.717) is 11.8 Å². The van der Waals surface area contributed by atoms with Crippen molar-refractivity contribution >= 4 is 12.2 Å². The van der Waals surface area contributed by atoms with E-state index in [1.54, 1.807) is 11.1 Å². The van der Waals surface area contributed by atoms with Crippen molar-refractivity contribution in [1.29, 1.82) is 0 Å². The van der Waals surface area contributed by atoms with Crippen LogP contribution in [0.5, 0.6) is 0 Å². The molecule has 4 aromatic rings. The van der Waals surface area contributed by atoms with Crippen molar-refractivity contribution in [3.8, 4) is 22.3 Å². The molecular weight excluding hydrogens is 492 g/mol. The Labute approximate surface area is 247 Å². The molecule has 0 spiro atoms. The van der Waals surface area contributed by atoms with Crippen molar-refractivity contribution in [2.24, 2.45) is 5.41 Å². The van der Waals surface area contributed by atoms with Gasteiger partial charge in [0.15, 0.2) is 0 Å². The smallest absolute Gasteiger partial charge is 0.0118 e. The zero-order valence-electron chi connectivity index (χ0n) is 25.3. The van der Waals surface area contributed by atoms with E-state index in [-0.39, 0.29) is 5.41 Å². The molecule has 0 saturated carbocycles. The van der Waals surface area contributed by atoms with Crippen LogP contribution in [0.3, 0.4) is 0 Å². The molecule has 2 aliphatic rings. The molecule has 0 aromatic heterocycles. The Morgan fingerprint density at radius 3 is 1.32 bits per heavy atom. The molecule has 41 heavy (non-hydrogen) atoms. The Morgan fingerprint density at radius 2 is 0.927 bits per heavy atom. The molecule has 0 nitrogen and oxygen atoms in total. The van der Waals surface area contributed by atoms with Gasteiger partial charge >= 0.3 is 0 Å². The molecule has 0 fully saturated rings. The van der Waals surface area contributed by atoms with Gasteiger partial charge in [-0.05, 0) is 75.6 Å². The van der Waals surface area contributed by atoms with E-state index < -0.39 is 0 Å². The van der Waals surface area contributed by atoms with Crippen LogP contribution in [-0.2, 0) is 0 Å². The van der Waals surface area contributed by atoms with E-state index in [1.807, 2.05) is 0 Å². The van der Waals surface area contributed by atoms with Crippen LogP contribution < -0.4 is 0 Å². The fourth-order valence-corrected chi connectivity index (χ4v) is 7.79. The molecule has 0 bridgehead atoms. The summed E-state index contributed by atoms with van der Waals surface area (Å²) in [5.41, 5.74) is 14.6. The standard InChI is InChI=1S/C41H44/c1-5-7-17-31-27-37-33(29-19-11-9-12-20-29)23-15-25-35(37)39(31)41(3,4)40-32(18-8-6-2)28-38-34(24-16-26-36(38)40)30-21-13-10-14-22-30/h9-16,19-28,39-40H,5-8,17-18H2,1-4H3. The summed E-state index contributed by atoms with van der Waals surface area (Å²) in [6, 6.07) is 36.0. The molecule has 0 radical (unpaired) electrons. The molecule has 6 rings (SSSR count). The van der Waals surface area contributed by atoms with Gasteiger partial charge in [-0.3, -0.25) is 0 Å². The van der Waals surface area contributed by atoms with Crippen LogP contribution in [0.25, 0.3) is 34.4 Å². The Morgan fingerprint density at radius 1 is 0.512 bits per heavy atom. The summed E-state index contributed by atoms with van der Waals surface area (Å²) in [7, 11) is 0. The maximum absolute atomic E-state index is 2.57. The first-order valence-corrected chi connectivity index (χ1v) is 15.8. The predicted octanol–water partition coefficient (Wildman–Crippen LogP) is 12.1. The summed E-state index contributed by atoms with van der Waals surface area (Å²) in [6.07, 6.45) is 12.4. The highest BCUT2D eigenvalue weighted by molar-refractivity contribution is 5.84. The van der Waals surface area contributed by atoms with Crippen molar-refractivity contribution in [2.45, 2.75) is 78.1 Å². The van der Waals surface area contributed by atoms with E-state index in [2.05, 4.69) is 137 Å². The van der Waals surface area contributed by atoms with Crippen molar-refractivity contribution < 1.29 is 0 Å². The molecule has 2 atom stereocenters. The second-order valence-corrected chi connectivity index (χ2v) is 12.7. The average molecular weight is 537 g/mol. The molecule has 4 aromatic carbocycles. The fraction of sp³-hybridized carbons (Fsp3) is 0.317. The largest absolute Gasteiger partial charge is 0.0654 e. The number of benzene rings is 4. The van der Waals surface area contributed by atoms with Crippen molar-refractivity contribution in [3.63, 3.8) is 0 Å².